The number of hydrogen-bond donors (Lipinski definition) is 0. The molecule has 0 radical (unpaired) electrons. The van der Waals surface area contributed by atoms with Crippen molar-refractivity contribution in [3.8, 4) is 0 Å². The zero-order chi connectivity index (χ0) is 10.8. The highest BCUT2D eigenvalue weighted by atomic mass is 19.4. The van der Waals surface area contributed by atoms with Crippen LogP contribution in [0, 0.1) is 5.92 Å². The minimum absolute atomic E-state index is 0.226. The van der Waals surface area contributed by atoms with Gasteiger partial charge in [0.05, 0.1) is 12.5 Å². The van der Waals surface area contributed by atoms with Crippen molar-refractivity contribution in [2.45, 2.75) is 38.5 Å². The number of alkyl halides is 3. The molecule has 0 spiro atoms. The highest BCUT2D eigenvalue weighted by molar-refractivity contribution is 5.81. The van der Waals surface area contributed by atoms with E-state index < -0.39 is 19.0 Å². The SMILES string of the molecule is CC1OCCC1C(=O)CCC(F)(F)F. The molecule has 5 heteroatoms. The van der Waals surface area contributed by atoms with Crippen LogP contribution in [0.15, 0.2) is 0 Å². The van der Waals surface area contributed by atoms with Gasteiger partial charge < -0.3 is 4.74 Å². The molecule has 0 aromatic carbocycles. The summed E-state index contributed by atoms with van der Waals surface area (Å²) < 4.78 is 40.6. The first-order valence-corrected chi connectivity index (χ1v) is 4.61. The van der Waals surface area contributed by atoms with Gasteiger partial charge in [0.1, 0.15) is 5.78 Å². The molecular weight excluding hydrogens is 197 g/mol. The monoisotopic (exact) mass is 210 g/mol. The molecule has 1 aliphatic rings. The average Bonchev–Trinajstić information content (AvgIpc) is 2.46. The van der Waals surface area contributed by atoms with E-state index in [-0.39, 0.29) is 17.8 Å². The van der Waals surface area contributed by atoms with E-state index in [0.717, 1.165) is 0 Å². The van der Waals surface area contributed by atoms with Gasteiger partial charge in [-0.05, 0) is 13.3 Å². The number of halogens is 3. The summed E-state index contributed by atoms with van der Waals surface area (Å²) in [5.74, 6) is -0.662. The Labute approximate surface area is 80.4 Å². The fraction of sp³-hybridized carbons (Fsp3) is 0.889. The van der Waals surface area contributed by atoms with Gasteiger partial charge in [0, 0.05) is 18.9 Å². The van der Waals surface area contributed by atoms with E-state index in [1.54, 1.807) is 6.92 Å². The summed E-state index contributed by atoms with van der Waals surface area (Å²) in [7, 11) is 0. The van der Waals surface area contributed by atoms with Gasteiger partial charge in [-0.1, -0.05) is 0 Å². The molecule has 0 saturated carbocycles. The van der Waals surface area contributed by atoms with E-state index in [0.29, 0.717) is 13.0 Å². The molecule has 1 heterocycles. The topological polar surface area (TPSA) is 26.3 Å². The average molecular weight is 210 g/mol. The van der Waals surface area contributed by atoms with Gasteiger partial charge in [0.2, 0.25) is 0 Å². The molecule has 1 rings (SSSR count). The third kappa shape index (κ3) is 3.29. The standard InChI is InChI=1S/C9H13F3O2/c1-6-7(3-5-14-6)8(13)2-4-9(10,11)12/h6-7H,2-5H2,1H3. The summed E-state index contributed by atoms with van der Waals surface area (Å²) in [5, 5.41) is 0. The van der Waals surface area contributed by atoms with Crippen molar-refractivity contribution < 1.29 is 22.7 Å². The molecule has 2 atom stereocenters. The molecule has 2 nitrogen and oxygen atoms in total. The fourth-order valence-corrected chi connectivity index (χ4v) is 1.60. The van der Waals surface area contributed by atoms with E-state index in [4.69, 9.17) is 4.74 Å². The number of carbonyl (C=O) groups excluding carboxylic acids is 1. The summed E-state index contributed by atoms with van der Waals surface area (Å²) in [4.78, 5) is 11.3. The Morgan fingerprint density at radius 1 is 1.50 bits per heavy atom. The second-order valence-electron chi connectivity index (χ2n) is 3.55. The Kier molecular flexibility index (Phi) is 3.53. The van der Waals surface area contributed by atoms with Gasteiger partial charge in [0.15, 0.2) is 0 Å². The minimum Gasteiger partial charge on any atom is -0.378 e. The molecule has 2 unspecified atom stereocenters. The maximum absolute atomic E-state index is 11.8. The normalized spacial score (nSPS) is 28.0. The van der Waals surface area contributed by atoms with Crippen molar-refractivity contribution in [1.82, 2.24) is 0 Å². The molecule has 0 aromatic heterocycles. The molecule has 0 bridgehead atoms. The van der Waals surface area contributed by atoms with E-state index in [1.807, 2.05) is 0 Å². The second-order valence-corrected chi connectivity index (χ2v) is 3.55. The number of rotatable bonds is 3. The van der Waals surface area contributed by atoms with E-state index in [2.05, 4.69) is 0 Å². The molecule has 0 aromatic rings. The molecule has 14 heavy (non-hydrogen) atoms. The van der Waals surface area contributed by atoms with Crippen LogP contribution in [0.5, 0.6) is 0 Å². The van der Waals surface area contributed by atoms with Crippen molar-refractivity contribution in [3.63, 3.8) is 0 Å². The molecular formula is C9H13F3O2. The van der Waals surface area contributed by atoms with Crippen LogP contribution >= 0.6 is 0 Å². The van der Waals surface area contributed by atoms with Crippen LogP contribution in [0.3, 0.4) is 0 Å². The highest BCUT2D eigenvalue weighted by Gasteiger charge is 2.34. The Bertz CT molecular complexity index is 213. The first kappa shape index (κ1) is 11.5. The van der Waals surface area contributed by atoms with Crippen LogP contribution in [0.1, 0.15) is 26.2 Å². The van der Waals surface area contributed by atoms with Gasteiger partial charge >= 0.3 is 6.18 Å². The molecule has 1 aliphatic heterocycles. The molecule has 0 aliphatic carbocycles. The Morgan fingerprint density at radius 3 is 2.57 bits per heavy atom. The largest absolute Gasteiger partial charge is 0.389 e. The summed E-state index contributed by atoms with van der Waals surface area (Å²) in [6, 6.07) is 0. The first-order chi connectivity index (χ1) is 6.40. The predicted molar refractivity (Wildman–Crippen MR) is 43.8 cm³/mol. The first-order valence-electron chi connectivity index (χ1n) is 4.61. The number of Topliss-reactive ketones (excluding diaryl/α,β-unsaturated/α-hetero) is 1. The van der Waals surface area contributed by atoms with Crippen LogP contribution in [-0.4, -0.2) is 24.7 Å². The van der Waals surface area contributed by atoms with Gasteiger partial charge in [-0.15, -0.1) is 0 Å². The third-order valence-corrected chi connectivity index (χ3v) is 2.44. The lowest BCUT2D eigenvalue weighted by molar-refractivity contribution is -0.145. The van der Waals surface area contributed by atoms with Crippen LogP contribution in [0.2, 0.25) is 0 Å². The minimum atomic E-state index is -4.24. The Balaban J connectivity index is 2.35. The zero-order valence-corrected chi connectivity index (χ0v) is 7.93. The Hall–Kier alpha value is -0.580. The summed E-state index contributed by atoms with van der Waals surface area (Å²) in [5.41, 5.74) is 0. The van der Waals surface area contributed by atoms with Gasteiger partial charge in [-0.25, -0.2) is 0 Å². The number of ketones is 1. The molecule has 0 N–H and O–H groups in total. The molecule has 1 saturated heterocycles. The maximum atomic E-state index is 11.8. The van der Waals surface area contributed by atoms with Gasteiger partial charge in [0.25, 0.3) is 0 Å². The zero-order valence-electron chi connectivity index (χ0n) is 7.93. The highest BCUT2D eigenvalue weighted by Crippen LogP contribution is 2.27. The molecule has 1 fully saturated rings. The lowest BCUT2D eigenvalue weighted by Gasteiger charge is -2.13. The summed E-state index contributed by atoms with van der Waals surface area (Å²) in [6.45, 7) is 2.20. The van der Waals surface area contributed by atoms with Crippen LogP contribution in [-0.2, 0) is 9.53 Å². The molecule has 82 valence electrons. The van der Waals surface area contributed by atoms with Crippen molar-refractivity contribution in [2.75, 3.05) is 6.61 Å². The van der Waals surface area contributed by atoms with E-state index >= 15 is 0 Å². The number of hydrogen-bond acceptors (Lipinski definition) is 2. The Morgan fingerprint density at radius 2 is 2.14 bits per heavy atom. The van der Waals surface area contributed by atoms with Crippen molar-refractivity contribution in [1.29, 1.82) is 0 Å². The lowest BCUT2D eigenvalue weighted by Crippen LogP contribution is -2.23. The van der Waals surface area contributed by atoms with Crippen molar-refractivity contribution >= 4 is 5.78 Å². The van der Waals surface area contributed by atoms with Crippen LogP contribution in [0.25, 0.3) is 0 Å². The summed E-state index contributed by atoms with van der Waals surface area (Å²) >= 11 is 0. The van der Waals surface area contributed by atoms with Crippen LogP contribution in [0.4, 0.5) is 13.2 Å². The summed E-state index contributed by atoms with van der Waals surface area (Å²) in [6.07, 6.45) is -5.34. The smallest absolute Gasteiger partial charge is 0.378 e. The van der Waals surface area contributed by atoms with E-state index in [9.17, 15) is 18.0 Å². The fourth-order valence-electron chi connectivity index (χ4n) is 1.60. The predicted octanol–water partition coefficient (Wildman–Crippen LogP) is 2.32. The quantitative estimate of drug-likeness (QED) is 0.714. The van der Waals surface area contributed by atoms with Crippen molar-refractivity contribution in [2.24, 2.45) is 5.92 Å². The van der Waals surface area contributed by atoms with Gasteiger partial charge in [-0.2, -0.15) is 13.2 Å². The third-order valence-electron chi connectivity index (χ3n) is 2.44. The van der Waals surface area contributed by atoms with Gasteiger partial charge in [-0.3, -0.25) is 4.79 Å². The van der Waals surface area contributed by atoms with E-state index in [1.165, 1.54) is 0 Å². The van der Waals surface area contributed by atoms with Crippen LogP contribution < -0.4 is 0 Å². The number of carbonyl (C=O) groups is 1. The maximum Gasteiger partial charge on any atom is 0.389 e. The number of ether oxygens (including phenoxy) is 1. The molecule has 0 amide bonds. The lowest BCUT2D eigenvalue weighted by atomic mass is 9.94. The van der Waals surface area contributed by atoms with Crippen molar-refractivity contribution in [3.05, 3.63) is 0 Å². The second kappa shape index (κ2) is 4.29.